The molecule has 16 heavy (non-hydrogen) atoms. The summed E-state index contributed by atoms with van der Waals surface area (Å²) in [5, 5.41) is 0. The van der Waals surface area contributed by atoms with E-state index in [1.165, 1.54) is 5.69 Å². The van der Waals surface area contributed by atoms with Crippen molar-refractivity contribution < 1.29 is 0 Å². The van der Waals surface area contributed by atoms with Gasteiger partial charge in [-0.1, -0.05) is 0 Å². The molecule has 0 aliphatic carbocycles. The average molecular weight is 238 g/mol. The molecule has 86 valence electrons. The van der Waals surface area contributed by atoms with Gasteiger partial charge in [0.1, 0.15) is 5.82 Å². The van der Waals surface area contributed by atoms with Gasteiger partial charge in [0.05, 0.1) is 11.0 Å². The van der Waals surface area contributed by atoms with E-state index < -0.39 is 0 Å². The van der Waals surface area contributed by atoms with Crippen molar-refractivity contribution in [2.45, 2.75) is 13.3 Å². The van der Waals surface area contributed by atoms with Gasteiger partial charge in [-0.25, -0.2) is 4.98 Å². The molecule has 0 aliphatic rings. The molecule has 0 bridgehead atoms. The van der Waals surface area contributed by atoms with Gasteiger partial charge in [0.25, 0.3) is 0 Å². The molecule has 4 heteroatoms. The summed E-state index contributed by atoms with van der Waals surface area (Å²) >= 11 is 5.69. The van der Waals surface area contributed by atoms with Crippen LogP contribution in [-0.4, -0.2) is 29.4 Å². The van der Waals surface area contributed by atoms with Gasteiger partial charge in [0, 0.05) is 25.2 Å². The number of hydrogen-bond donors (Lipinski definition) is 1. The Morgan fingerprint density at radius 2 is 2.25 bits per heavy atom. The Morgan fingerprint density at radius 3 is 3.00 bits per heavy atom. The molecule has 0 atom stereocenters. The molecule has 1 heterocycles. The number of alkyl halides is 1. The maximum atomic E-state index is 5.69. The summed E-state index contributed by atoms with van der Waals surface area (Å²) in [7, 11) is 2.08. The van der Waals surface area contributed by atoms with Crippen molar-refractivity contribution in [3.63, 3.8) is 0 Å². The number of rotatable bonds is 4. The monoisotopic (exact) mass is 237 g/mol. The first-order chi connectivity index (χ1) is 7.70. The third kappa shape index (κ3) is 2.30. The van der Waals surface area contributed by atoms with Crippen LogP contribution >= 0.6 is 11.6 Å². The van der Waals surface area contributed by atoms with E-state index in [-0.39, 0.29) is 0 Å². The molecule has 2 aromatic rings. The lowest BCUT2D eigenvalue weighted by atomic mass is 10.2. The molecule has 0 saturated carbocycles. The normalized spacial score (nSPS) is 10.9. The van der Waals surface area contributed by atoms with E-state index >= 15 is 0 Å². The summed E-state index contributed by atoms with van der Waals surface area (Å²) in [6, 6.07) is 6.27. The van der Waals surface area contributed by atoms with Crippen molar-refractivity contribution in [2.24, 2.45) is 0 Å². The summed E-state index contributed by atoms with van der Waals surface area (Å²) in [6.45, 7) is 2.94. The van der Waals surface area contributed by atoms with Crippen molar-refractivity contribution in [3.8, 4) is 0 Å². The van der Waals surface area contributed by atoms with Gasteiger partial charge in [-0.15, -0.1) is 11.6 Å². The maximum Gasteiger partial charge on any atom is 0.104 e. The van der Waals surface area contributed by atoms with Crippen molar-refractivity contribution in [1.29, 1.82) is 0 Å². The Labute approximate surface area is 100 Å². The maximum absolute atomic E-state index is 5.69. The van der Waals surface area contributed by atoms with E-state index in [4.69, 9.17) is 11.6 Å². The molecule has 1 aromatic heterocycles. The minimum atomic E-state index is 0.704. The number of hydrogen-bond acceptors (Lipinski definition) is 2. The van der Waals surface area contributed by atoms with Gasteiger partial charge in [-0.2, -0.15) is 0 Å². The molecule has 0 fully saturated rings. The number of aromatic amines is 1. The molecule has 0 aliphatic heterocycles. The average Bonchev–Trinajstić information content (AvgIpc) is 2.64. The lowest BCUT2D eigenvalue weighted by molar-refractivity contribution is 0.857. The molecule has 1 aromatic carbocycles. The lowest BCUT2D eigenvalue weighted by Crippen LogP contribution is -2.18. The molecular weight excluding hydrogens is 222 g/mol. The largest absolute Gasteiger partial charge is 0.374 e. The number of nitrogens with one attached hydrogen (secondary N) is 1. The number of aromatic nitrogens is 2. The standard InChI is InChI=1S/C12H16ClN3/c1-9-14-11-5-4-10(8-12(11)15-9)16(2)7-3-6-13/h4-5,8H,3,6-7H2,1-2H3,(H,14,15). The highest BCUT2D eigenvalue weighted by molar-refractivity contribution is 6.17. The zero-order chi connectivity index (χ0) is 11.5. The zero-order valence-electron chi connectivity index (χ0n) is 9.63. The third-order valence-corrected chi connectivity index (χ3v) is 2.92. The van der Waals surface area contributed by atoms with Crippen LogP contribution in [0.2, 0.25) is 0 Å². The van der Waals surface area contributed by atoms with Gasteiger partial charge in [-0.05, 0) is 31.5 Å². The van der Waals surface area contributed by atoms with Crippen molar-refractivity contribution in [2.75, 3.05) is 24.4 Å². The minimum Gasteiger partial charge on any atom is -0.374 e. The molecule has 0 unspecified atom stereocenters. The van der Waals surface area contributed by atoms with Crippen molar-refractivity contribution in [1.82, 2.24) is 9.97 Å². The highest BCUT2D eigenvalue weighted by Gasteiger charge is 2.04. The van der Waals surface area contributed by atoms with Crippen LogP contribution in [0, 0.1) is 6.92 Å². The summed E-state index contributed by atoms with van der Waals surface area (Å²) < 4.78 is 0. The number of benzene rings is 1. The van der Waals surface area contributed by atoms with Gasteiger partial charge in [0.15, 0.2) is 0 Å². The predicted molar refractivity (Wildman–Crippen MR) is 69.4 cm³/mol. The SMILES string of the molecule is Cc1nc2ccc(N(C)CCCCl)cc2[nH]1. The highest BCUT2D eigenvalue weighted by Crippen LogP contribution is 2.19. The van der Waals surface area contributed by atoms with Crippen LogP contribution in [0.4, 0.5) is 5.69 Å². The van der Waals surface area contributed by atoms with E-state index in [9.17, 15) is 0 Å². The van der Waals surface area contributed by atoms with E-state index in [1.807, 2.05) is 13.0 Å². The summed E-state index contributed by atoms with van der Waals surface area (Å²) in [4.78, 5) is 9.83. The fourth-order valence-electron chi connectivity index (χ4n) is 1.79. The Hall–Kier alpha value is -1.22. The fraction of sp³-hybridized carbons (Fsp3) is 0.417. The highest BCUT2D eigenvalue weighted by atomic mass is 35.5. The van der Waals surface area contributed by atoms with E-state index in [1.54, 1.807) is 0 Å². The van der Waals surface area contributed by atoms with E-state index in [2.05, 4.69) is 34.0 Å². The molecule has 3 nitrogen and oxygen atoms in total. The molecule has 1 N–H and O–H groups in total. The van der Waals surface area contributed by atoms with Crippen LogP contribution in [0.3, 0.4) is 0 Å². The van der Waals surface area contributed by atoms with Gasteiger partial charge < -0.3 is 9.88 Å². The number of anilines is 1. The first kappa shape index (κ1) is 11.3. The molecule has 0 radical (unpaired) electrons. The quantitative estimate of drug-likeness (QED) is 0.830. The van der Waals surface area contributed by atoms with Crippen LogP contribution in [0.5, 0.6) is 0 Å². The zero-order valence-corrected chi connectivity index (χ0v) is 10.4. The Kier molecular flexibility index (Phi) is 3.34. The molecule has 2 rings (SSSR count). The smallest absolute Gasteiger partial charge is 0.104 e. The number of aryl methyl sites for hydroxylation is 1. The number of fused-ring (bicyclic) bond motifs is 1. The van der Waals surface area contributed by atoms with Crippen LogP contribution in [-0.2, 0) is 0 Å². The van der Waals surface area contributed by atoms with Gasteiger partial charge >= 0.3 is 0 Å². The van der Waals surface area contributed by atoms with Gasteiger partial charge in [0.2, 0.25) is 0 Å². The lowest BCUT2D eigenvalue weighted by Gasteiger charge is -2.18. The van der Waals surface area contributed by atoms with Crippen LogP contribution in [0.15, 0.2) is 18.2 Å². The second-order valence-electron chi connectivity index (χ2n) is 3.99. The minimum absolute atomic E-state index is 0.704. The number of imidazole rings is 1. The topological polar surface area (TPSA) is 31.9 Å². The fourth-order valence-corrected chi connectivity index (χ4v) is 1.91. The first-order valence-electron chi connectivity index (χ1n) is 5.44. The molecule has 0 amide bonds. The van der Waals surface area contributed by atoms with Gasteiger partial charge in [-0.3, -0.25) is 0 Å². The number of halogens is 1. The molecule has 0 saturated heterocycles. The second kappa shape index (κ2) is 4.74. The first-order valence-corrected chi connectivity index (χ1v) is 5.97. The van der Waals surface area contributed by atoms with Crippen molar-refractivity contribution in [3.05, 3.63) is 24.0 Å². The second-order valence-corrected chi connectivity index (χ2v) is 4.37. The Bertz CT molecular complexity index is 478. The predicted octanol–water partition coefficient (Wildman–Crippen LogP) is 2.94. The number of H-pyrrole nitrogens is 1. The van der Waals surface area contributed by atoms with Crippen LogP contribution in [0.25, 0.3) is 11.0 Å². The molecular formula is C12H16ClN3. The van der Waals surface area contributed by atoms with Crippen molar-refractivity contribution >= 4 is 28.3 Å². The Balaban J connectivity index is 2.24. The summed E-state index contributed by atoms with van der Waals surface area (Å²) in [5.41, 5.74) is 3.31. The van der Waals surface area contributed by atoms with Crippen LogP contribution < -0.4 is 4.90 Å². The Morgan fingerprint density at radius 1 is 1.44 bits per heavy atom. The summed E-state index contributed by atoms with van der Waals surface area (Å²) in [6.07, 6.45) is 0.998. The van der Waals surface area contributed by atoms with Crippen LogP contribution in [0.1, 0.15) is 12.2 Å². The summed E-state index contributed by atoms with van der Waals surface area (Å²) in [5.74, 6) is 1.66. The molecule has 0 spiro atoms. The van der Waals surface area contributed by atoms with E-state index in [0.29, 0.717) is 5.88 Å². The van der Waals surface area contributed by atoms with E-state index in [0.717, 1.165) is 29.8 Å². The third-order valence-electron chi connectivity index (χ3n) is 2.65. The number of nitrogens with zero attached hydrogens (tertiary/aromatic N) is 2.